The minimum atomic E-state index is 0.468. The Morgan fingerprint density at radius 2 is 2.00 bits per heavy atom. The maximum atomic E-state index is 5.91. The monoisotopic (exact) mass is 419 g/mol. The molecule has 1 aromatic heterocycles. The van der Waals surface area contributed by atoms with Gasteiger partial charge < -0.3 is 15.2 Å². The summed E-state index contributed by atoms with van der Waals surface area (Å²) < 4.78 is 13.5. The predicted molar refractivity (Wildman–Crippen MR) is 89.6 cm³/mol. The van der Waals surface area contributed by atoms with E-state index in [1.165, 1.54) is 0 Å². The van der Waals surface area contributed by atoms with Gasteiger partial charge in [0.2, 0.25) is 0 Å². The molecule has 0 atom stereocenters. The van der Waals surface area contributed by atoms with Crippen LogP contribution >= 0.6 is 43.2 Å². The van der Waals surface area contributed by atoms with E-state index in [1.54, 1.807) is 11.3 Å². The molecule has 0 saturated heterocycles. The van der Waals surface area contributed by atoms with Gasteiger partial charge in [-0.2, -0.15) is 0 Å². The Morgan fingerprint density at radius 1 is 1.20 bits per heavy atom. The lowest BCUT2D eigenvalue weighted by molar-refractivity contribution is 0.269. The van der Waals surface area contributed by atoms with Gasteiger partial charge in [0, 0.05) is 11.0 Å². The SMILES string of the molecule is CCOc1cc(CN)cc(Br)c1OCc1sccc1Br. The number of ether oxygens (including phenoxy) is 2. The molecule has 2 N–H and O–H groups in total. The summed E-state index contributed by atoms with van der Waals surface area (Å²) in [7, 11) is 0. The summed E-state index contributed by atoms with van der Waals surface area (Å²) in [5.74, 6) is 1.43. The second-order valence-electron chi connectivity index (χ2n) is 4.02. The lowest BCUT2D eigenvalue weighted by Gasteiger charge is -2.15. The Hall–Kier alpha value is -0.560. The quantitative estimate of drug-likeness (QED) is 0.735. The minimum absolute atomic E-state index is 0.468. The van der Waals surface area contributed by atoms with E-state index in [0.29, 0.717) is 25.5 Å². The lowest BCUT2D eigenvalue weighted by atomic mass is 10.2. The van der Waals surface area contributed by atoms with Crippen LogP contribution in [0.4, 0.5) is 0 Å². The highest BCUT2D eigenvalue weighted by Gasteiger charge is 2.13. The number of thiophene rings is 1. The van der Waals surface area contributed by atoms with Gasteiger partial charge in [0.15, 0.2) is 11.5 Å². The third-order valence-corrected chi connectivity index (χ3v) is 5.13. The number of benzene rings is 1. The molecule has 0 bridgehead atoms. The smallest absolute Gasteiger partial charge is 0.175 e. The van der Waals surface area contributed by atoms with E-state index in [4.69, 9.17) is 15.2 Å². The average molecular weight is 421 g/mol. The van der Waals surface area contributed by atoms with Crippen molar-refractivity contribution in [2.45, 2.75) is 20.1 Å². The summed E-state index contributed by atoms with van der Waals surface area (Å²) in [6.45, 7) is 3.50. The van der Waals surface area contributed by atoms with Crippen LogP contribution in [0.15, 0.2) is 32.5 Å². The van der Waals surface area contributed by atoms with Crippen molar-refractivity contribution < 1.29 is 9.47 Å². The van der Waals surface area contributed by atoms with E-state index in [-0.39, 0.29) is 0 Å². The van der Waals surface area contributed by atoms with Gasteiger partial charge >= 0.3 is 0 Å². The van der Waals surface area contributed by atoms with Crippen molar-refractivity contribution in [1.29, 1.82) is 0 Å². The van der Waals surface area contributed by atoms with Gasteiger partial charge in [-0.3, -0.25) is 0 Å². The van der Waals surface area contributed by atoms with E-state index in [1.807, 2.05) is 30.5 Å². The van der Waals surface area contributed by atoms with Gasteiger partial charge in [0.25, 0.3) is 0 Å². The van der Waals surface area contributed by atoms with Crippen LogP contribution in [0.25, 0.3) is 0 Å². The maximum Gasteiger partial charge on any atom is 0.175 e. The fourth-order valence-corrected chi connectivity index (χ4v) is 3.69. The molecule has 0 radical (unpaired) electrons. The molecule has 108 valence electrons. The molecule has 0 aliphatic carbocycles. The van der Waals surface area contributed by atoms with Gasteiger partial charge in [0.1, 0.15) is 6.61 Å². The molecule has 1 heterocycles. The van der Waals surface area contributed by atoms with E-state index in [9.17, 15) is 0 Å². The molecule has 0 unspecified atom stereocenters. The molecule has 1 aromatic carbocycles. The minimum Gasteiger partial charge on any atom is -0.490 e. The maximum absolute atomic E-state index is 5.91. The van der Waals surface area contributed by atoms with Crippen molar-refractivity contribution in [3.8, 4) is 11.5 Å². The molecule has 2 aromatic rings. The van der Waals surface area contributed by atoms with Crippen LogP contribution in [0, 0.1) is 0 Å². The molecule has 0 aliphatic heterocycles. The van der Waals surface area contributed by atoms with Gasteiger partial charge in [-0.05, 0) is 67.9 Å². The zero-order chi connectivity index (χ0) is 14.5. The first-order valence-electron chi connectivity index (χ1n) is 6.15. The Bertz CT molecular complexity index is 587. The highest BCUT2D eigenvalue weighted by Crippen LogP contribution is 2.38. The molecule has 0 amide bonds. The van der Waals surface area contributed by atoms with Crippen molar-refractivity contribution in [2.75, 3.05) is 6.61 Å². The Morgan fingerprint density at radius 3 is 2.60 bits per heavy atom. The summed E-state index contributed by atoms with van der Waals surface area (Å²) >= 11 is 8.68. The molecular weight excluding hydrogens is 406 g/mol. The van der Waals surface area contributed by atoms with Crippen LogP contribution in [-0.4, -0.2) is 6.61 Å². The van der Waals surface area contributed by atoms with E-state index < -0.39 is 0 Å². The predicted octanol–water partition coefficient (Wildman–Crippen LogP) is 4.71. The first kappa shape index (κ1) is 15.8. The Labute approximate surface area is 139 Å². The molecule has 20 heavy (non-hydrogen) atoms. The van der Waals surface area contributed by atoms with Crippen LogP contribution in [0.1, 0.15) is 17.4 Å². The third-order valence-electron chi connectivity index (χ3n) is 2.64. The van der Waals surface area contributed by atoms with Crippen molar-refractivity contribution in [2.24, 2.45) is 5.73 Å². The molecule has 0 spiro atoms. The van der Waals surface area contributed by atoms with Crippen molar-refractivity contribution in [1.82, 2.24) is 0 Å². The molecule has 0 saturated carbocycles. The van der Waals surface area contributed by atoms with Crippen molar-refractivity contribution in [3.05, 3.63) is 43.0 Å². The fraction of sp³-hybridized carbons (Fsp3) is 0.286. The van der Waals surface area contributed by atoms with Crippen LogP contribution in [0.2, 0.25) is 0 Å². The molecule has 0 fully saturated rings. The zero-order valence-electron chi connectivity index (χ0n) is 11.0. The van der Waals surface area contributed by atoms with Gasteiger partial charge in [-0.25, -0.2) is 0 Å². The summed E-state index contributed by atoms with van der Waals surface area (Å²) in [6, 6.07) is 5.90. The second kappa shape index (κ2) is 7.45. The Balaban J connectivity index is 2.23. The number of rotatable bonds is 6. The zero-order valence-corrected chi connectivity index (χ0v) is 15.0. The van der Waals surface area contributed by atoms with Crippen LogP contribution < -0.4 is 15.2 Å². The van der Waals surface area contributed by atoms with Crippen molar-refractivity contribution >= 4 is 43.2 Å². The molecular formula is C14H15Br2NO2S. The largest absolute Gasteiger partial charge is 0.490 e. The summed E-state index contributed by atoms with van der Waals surface area (Å²) in [6.07, 6.45) is 0. The molecule has 6 heteroatoms. The molecule has 0 aliphatic rings. The standard InChI is InChI=1S/C14H15Br2NO2S/c1-2-18-12-6-9(7-17)5-11(16)14(12)19-8-13-10(15)3-4-20-13/h3-6H,2,7-8,17H2,1H3. The third kappa shape index (κ3) is 3.75. The second-order valence-corrected chi connectivity index (χ2v) is 6.73. The van der Waals surface area contributed by atoms with Gasteiger partial charge in [-0.1, -0.05) is 0 Å². The normalized spacial score (nSPS) is 10.6. The van der Waals surface area contributed by atoms with Crippen LogP contribution in [0.3, 0.4) is 0 Å². The van der Waals surface area contributed by atoms with Crippen LogP contribution in [0.5, 0.6) is 11.5 Å². The van der Waals surface area contributed by atoms with Crippen LogP contribution in [-0.2, 0) is 13.2 Å². The first-order valence-corrected chi connectivity index (χ1v) is 8.62. The fourth-order valence-electron chi connectivity index (χ4n) is 1.71. The van der Waals surface area contributed by atoms with E-state index in [0.717, 1.165) is 25.1 Å². The van der Waals surface area contributed by atoms with E-state index in [2.05, 4.69) is 31.9 Å². The topological polar surface area (TPSA) is 44.5 Å². The number of hydrogen-bond donors (Lipinski definition) is 1. The highest BCUT2D eigenvalue weighted by atomic mass is 79.9. The molecule has 2 rings (SSSR count). The lowest BCUT2D eigenvalue weighted by Crippen LogP contribution is -2.03. The summed E-state index contributed by atoms with van der Waals surface area (Å²) in [5.41, 5.74) is 6.69. The number of hydrogen-bond acceptors (Lipinski definition) is 4. The van der Waals surface area contributed by atoms with Gasteiger partial charge in [-0.15, -0.1) is 11.3 Å². The van der Waals surface area contributed by atoms with Crippen molar-refractivity contribution in [3.63, 3.8) is 0 Å². The summed E-state index contributed by atoms with van der Waals surface area (Å²) in [5, 5.41) is 2.03. The van der Waals surface area contributed by atoms with E-state index >= 15 is 0 Å². The highest BCUT2D eigenvalue weighted by molar-refractivity contribution is 9.10. The summed E-state index contributed by atoms with van der Waals surface area (Å²) in [4.78, 5) is 1.14. The van der Waals surface area contributed by atoms with Gasteiger partial charge in [0.05, 0.1) is 16.0 Å². The Kier molecular flexibility index (Phi) is 5.89. The average Bonchev–Trinajstić information content (AvgIpc) is 2.83. The first-order chi connectivity index (χ1) is 9.65. The number of nitrogens with two attached hydrogens (primary N) is 1. The molecule has 3 nitrogen and oxygen atoms in total. The number of halogens is 2.